The van der Waals surface area contributed by atoms with Crippen LogP contribution in [0.1, 0.15) is 10.6 Å². The second-order valence-electron chi connectivity index (χ2n) is 5.06. The number of carbonyl (C=O) groups is 1. The summed E-state index contributed by atoms with van der Waals surface area (Å²) >= 11 is 1.33. The highest BCUT2D eigenvalue weighted by molar-refractivity contribution is 7.15. The molecule has 2 aromatic heterocycles. The van der Waals surface area contributed by atoms with Gasteiger partial charge in [-0.25, -0.2) is 9.78 Å². The second kappa shape index (κ2) is 7.34. The molecule has 1 fully saturated rings. The van der Waals surface area contributed by atoms with Crippen molar-refractivity contribution in [3.8, 4) is 0 Å². The summed E-state index contributed by atoms with van der Waals surface area (Å²) in [5.74, 6) is 0.936. The third-order valence-electron chi connectivity index (χ3n) is 3.34. The van der Waals surface area contributed by atoms with Gasteiger partial charge in [0.2, 0.25) is 5.13 Å². The molecule has 122 valence electrons. The lowest BCUT2D eigenvalue weighted by molar-refractivity contribution is 0.122. The van der Waals surface area contributed by atoms with Crippen molar-refractivity contribution in [1.82, 2.24) is 20.5 Å². The Labute approximate surface area is 137 Å². The van der Waals surface area contributed by atoms with Crippen LogP contribution in [-0.4, -0.2) is 47.5 Å². The van der Waals surface area contributed by atoms with Crippen LogP contribution in [0.15, 0.2) is 18.3 Å². The van der Waals surface area contributed by atoms with E-state index in [9.17, 15) is 4.79 Å². The Morgan fingerprint density at radius 1 is 1.35 bits per heavy atom. The molecule has 0 bridgehead atoms. The second-order valence-corrected chi connectivity index (χ2v) is 6.24. The van der Waals surface area contributed by atoms with Crippen molar-refractivity contribution >= 4 is 28.3 Å². The fraction of sp³-hybridized carbons (Fsp3) is 0.429. The van der Waals surface area contributed by atoms with Gasteiger partial charge in [-0.05, 0) is 18.6 Å². The Kier molecular flexibility index (Phi) is 4.99. The molecule has 1 aliphatic rings. The number of anilines is 2. The standard InChI is InChI=1S/C14H18N6O2S/c1-10-18-19-14(23-10)17-13(21)16-9-11-2-3-12(15-8-11)20-4-6-22-7-5-20/h2-3,8H,4-7,9H2,1H3,(H2,16,17,19,21). The van der Waals surface area contributed by atoms with Crippen LogP contribution < -0.4 is 15.5 Å². The molecule has 8 nitrogen and oxygen atoms in total. The number of ether oxygens (including phenoxy) is 1. The molecule has 3 heterocycles. The van der Waals surface area contributed by atoms with Crippen LogP contribution in [0, 0.1) is 6.92 Å². The minimum atomic E-state index is -0.307. The maximum absolute atomic E-state index is 11.8. The van der Waals surface area contributed by atoms with Gasteiger partial charge >= 0.3 is 6.03 Å². The molecule has 0 aliphatic carbocycles. The molecule has 0 aromatic carbocycles. The van der Waals surface area contributed by atoms with E-state index in [-0.39, 0.29) is 6.03 Å². The molecule has 23 heavy (non-hydrogen) atoms. The molecule has 1 saturated heterocycles. The molecule has 9 heteroatoms. The number of aromatic nitrogens is 3. The number of aryl methyl sites for hydroxylation is 1. The first-order valence-electron chi connectivity index (χ1n) is 7.33. The van der Waals surface area contributed by atoms with E-state index < -0.39 is 0 Å². The van der Waals surface area contributed by atoms with E-state index in [0.29, 0.717) is 11.7 Å². The molecule has 2 amide bonds. The van der Waals surface area contributed by atoms with E-state index in [4.69, 9.17) is 4.74 Å². The molecule has 2 N–H and O–H groups in total. The summed E-state index contributed by atoms with van der Waals surface area (Å²) in [4.78, 5) is 18.4. The molecular weight excluding hydrogens is 316 g/mol. The number of hydrogen-bond donors (Lipinski definition) is 2. The number of nitrogens with zero attached hydrogens (tertiary/aromatic N) is 4. The van der Waals surface area contributed by atoms with Crippen LogP contribution in [0.2, 0.25) is 0 Å². The highest BCUT2D eigenvalue weighted by atomic mass is 32.1. The van der Waals surface area contributed by atoms with E-state index in [1.807, 2.05) is 19.1 Å². The summed E-state index contributed by atoms with van der Waals surface area (Å²) in [7, 11) is 0. The summed E-state index contributed by atoms with van der Waals surface area (Å²) in [6.45, 7) is 5.41. The van der Waals surface area contributed by atoms with Crippen molar-refractivity contribution in [2.75, 3.05) is 36.5 Å². The van der Waals surface area contributed by atoms with Crippen molar-refractivity contribution < 1.29 is 9.53 Å². The van der Waals surface area contributed by atoms with Crippen LogP contribution in [-0.2, 0) is 11.3 Å². The number of amides is 2. The third-order valence-corrected chi connectivity index (χ3v) is 4.10. The minimum absolute atomic E-state index is 0.307. The number of rotatable bonds is 4. The van der Waals surface area contributed by atoms with Gasteiger partial charge in [-0.3, -0.25) is 5.32 Å². The molecule has 0 radical (unpaired) electrons. The number of hydrogen-bond acceptors (Lipinski definition) is 7. The van der Waals surface area contributed by atoms with Gasteiger partial charge in [0.05, 0.1) is 13.2 Å². The number of pyridine rings is 1. The van der Waals surface area contributed by atoms with Crippen molar-refractivity contribution in [2.24, 2.45) is 0 Å². The highest BCUT2D eigenvalue weighted by Crippen LogP contribution is 2.14. The molecular formula is C14H18N6O2S. The average Bonchev–Trinajstić information content (AvgIpc) is 2.99. The SMILES string of the molecule is Cc1nnc(NC(=O)NCc2ccc(N3CCOCC3)nc2)s1. The average molecular weight is 334 g/mol. The van der Waals surface area contributed by atoms with Crippen LogP contribution >= 0.6 is 11.3 Å². The molecule has 0 saturated carbocycles. The van der Waals surface area contributed by atoms with Gasteiger partial charge in [-0.1, -0.05) is 17.4 Å². The van der Waals surface area contributed by atoms with E-state index >= 15 is 0 Å². The zero-order chi connectivity index (χ0) is 16.1. The zero-order valence-electron chi connectivity index (χ0n) is 12.8. The van der Waals surface area contributed by atoms with Crippen LogP contribution in [0.3, 0.4) is 0 Å². The number of morpholine rings is 1. The van der Waals surface area contributed by atoms with Crippen LogP contribution in [0.4, 0.5) is 15.7 Å². The first-order chi connectivity index (χ1) is 11.2. The monoisotopic (exact) mass is 334 g/mol. The van der Waals surface area contributed by atoms with E-state index in [1.165, 1.54) is 11.3 Å². The maximum Gasteiger partial charge on any atom is 0.321 e. The van der Waals surface area contributed by atoms with Gasteiger partial charge in [0.25, 0.3) is 0 Å². The van der Waals surface area contributed by atoms with Gasteiger partial charge in [-0.15, -0.1) is 10.2 Å². The Balaban J connectivity index is 1.49. The molecule has 0 unspecified atom stereocenters. The summed E-state index contributed by atoms with van der Waals surface area (Å²) in [6, 6.07) is 3.63. The summed E-state index contributed by atoms with van der Waals surface area (Å²) in [5, 5.41) is 14.4. The third kappa shape index (κ3) is 4.36. The van der Waals surface area contributed by atoms with Crippen LogP contribution in [0.5, 0.6) is 0 Å². The lowest BCUT2D eigenvalue weighted by Crippen LogP contribution is -2.36. The number of urea groups is 1. The predicted molar refractivity (Wildman–Crippen MR) is 87.8 cm³/mol. The predicted octanol–water partition coefficient (Wildman–Crippen LogP) is 1.40. The van der Waals surface area contributed by atoms with Crippen molar-refractivity contribution in [3.63, 3.8) is 0 Å². The fourth-order valence-electron chi connectivity index (χ4n) is 2.17. The molecule has 0 atom stereocenters. The van der Waals surface area contributed by atoms with Crippen molar-refractivity contribution in [1.29, 1.82) is 0 Å². The highest BCUT2D eigenvalue weighted by Gasteiger charge is 2.12. The van der Waals surface area contributed by atoms with Crippen molar-refractivity contribution in [2.45, 2.75) is 13.5 Å². The van der Waals surface area contributed by atoms with Gasteiger partial charge in [0.15, 0.2) is 0 Å². The Morgan fingerprint density at radius 2 is 2.17 bits per heavy atom. The van der Waals surface area contributed by atoms with Gasteiger partial charge in [0, 0.05) is 25.8 Å². The smallest absolute Gasteiger partial charge is 0.321 e. The summed E-state index contributed by atoms with van der Waals surface area (Å²) < 4.78 is 5.33. The largest absolute Gasteiger partial charge is 0.378 e. The molecule has 0 spiro atoms. The van der Waals surface area contributed by atoms with Crippen molar-refractivity contribution in [3.05, 3.63) is 28.9 Å². The maximum atomic E-state index is 11.8. The van der Waals surface area contributed by atoms with Gasteiger partial charge < -0.3 is 15.0 Å². The normalized spacial score (nSPS) is 14.6. The molecule has 2 aromatic rings. The Morgan fingerprint density at radius 3 is 2.83 bits per heavy atom. The molecule has 3 rings (SSSR count). The lowest BCUT2D eigenvalue weighted by atomic mass is 10.2. The summed E-state index contributed by atoms with van der Waals surface area (Å²) in [5.41, 5.74) is 0.936. The first kappa shape index (κ1) is 15.6. The van der Waals surface area contributed by atoms with Gasteiger partial charge in [0.1, 0.15) is 10.8 Å². The number of carbonyl (C=O) groups excluding carboxylic acids is 1. The fourth-order valence-corrected chi connectivity index (χ4v) is 2.76. The molecule has 1 aliphatic heterocycles. The van der Waals surface area contributed by atoms with E-state index in [0.717, 1.165) is 42.7 Å². The lowest BCUT2D eigenvalue weighted by Gasteiger charge is -2.27. The van der Waals surface area contributed by atoms with Crippen LogP contribution in [0.25, 0.3) is 0 Å². The zero-order valence-corrected chi connectivity index (χ0v) is 13.6. The minimum Gasteiger partial charge on any atom is -0.378 e. The Hall–Kier alpha value is -2.26. The topological polar surface area (TPSA) is 92.3 Å². The quantitative estimate of drug-likeness (QED) is 0.878. The Bertz CT molecular complexity index is 654. The van der Waals surface area contributed by atoms with E-state index in [2.05, 4.69) is 30.7 Å². The van der Waals surface area contributed by atoms with E-state index in [1.54, 1.807) is 6.20 Å². The number of nitrogens with one attached hydrogen (secondary N) is 2. The first-order valence-corrected chi connectivity index (χ1v) is 8.15. The summed E-state index contributed by atoms with van der Waals surface area (Å²) in [6.07, 6.45) is 1.78. The van der Waals surface area contributed by atoms with Gasteiger partial charge in [-0.2, -0.15) is 0 Å².